The van der Waals surface area contributed by atoms with Gasteiger partial charge in [0.05, 0.1) is 23.8 Å². The number of nitrogens with two attached hydrogens (primary N) is 4. The molecule has 0 fully saturated rings. The van der Waals surface area contributed by atoms with Gasteiger partial charge in [-0.1, -0.05) is 29.8 Å². The van der Waals surface area contributed by atoms with Crippen molar-refractivity contribution in [2.45, 2.75) is 13.8 Å². The zero-order chi connectivity index (χ0) is 26.8. The minimum absolute atomic E-state index is 0.0994. The third-order valence-corrected chi connectivity index (χ3v) is 5.54. The lowest BCUT2D eigenvalue weighted by Crippen LogP contribution is -2.03. The second-order valence-corrected chi connectivity index (χ2v) is 8.52. The van der Waals surface area contributed by atoms with Crippen LogP contribution in [0, 0.1) is 13.8 Å². The highest BCUT2D eigenvalue weighted by Crippen LogP contribution is 2.25. The van der Waals surface area contributed by atoms with Gasteiger partial charge in [0.25, 0.3) is 0 Å². The second-order valence-electron chi connectivity index (χ2n) is 8.52. The molecule has 12 heteroatoms. The third-order valence-electron chi connectivity index (χ3n) is 5.54. The molecule has 0 radical (unpaired) electrons. The Morgan fingerprint density at radius 1 is 0.658 bits per heavy atom. The molecule has 0 amide bonds. The maximum atomic E-state index is 5.93. The lowest BCUT2D eigenvalue weighted by atomic mass is 10.1. The van der Waals surface area contributed by atoms with Gasteiger partial charge in [0.15, 0.2) is 28.5 Å². The smallest absolute Gasteiger partial charge is 0.224 e. The van der Waals surface area contributed by atoms with Crippen molar-refractivity contribution in [3.05, 3.63) is 72.3 Å². The van der Waals surface area contributed by atoms with Crippen molar-refractivity contribution in [3.8, 4) is 22.6 Å². The molecule has 4 aromatic heterocycles. The highest BCUT2D eigenvalue weighted by Gasteiger charge is 2.10. The van der Waals surface area contributed by atoms with E-state index in [1.54, 1.807) is 36.8 Å². The lowest BCUT2D eigenvalue weighted by Gasteiger charge is -2.06. The topological polar surface area (TPSA) is 207 Å². The van der Waals surface area contributed by atoms with Crippen LogP contribution >= 0.6 is 0 Å². The molecule has 0 atom stereocenters. The minimum atomic E-state index is 0.0994. The van der Waals surface area contributed by atoms with Crippen LogP contribution in [0.3, 0.4) is 0 Å². The lowest BCUT2D eigenvalue weighted by molar-refractivity contribution is 1.11. The van der Waals surface area contributed by atoms with Crippen LogP contribution in [0.1, 0.15) is 11.3 Å². The maximum absolute atomic E-state index is 5.93. The van der Waals surface area contributed by atoms with Gasteiger partial charge < -0.3 is 22.9 Å². The number of rotatable bonds is 2. The van der Waals surface area contributed by atoms with E-state index < -0.39 is 0 Å². The quantitative estimate of drug-likeness (QED) is 0.251. The molecule has 0 aliphatic heterocycles. The fourth-order valence-electron chi connectivity index (χ4n) is 3.62. The fraction of sp³-hybridized carbons (Fsp3) is 0.0769. The van der Waals surface area contributed by atoms with E-state index in [-0.39, 0.29) is 11.8 Å². The van der Waals surface area contributed by atoms with Crippen LogP contribution in [0.4, 0.5) is 23.1 Å². The number of aromatic nitrogens is 8. The zero-order valence-electron chi connectivity index (χ0n) is 20.7. The maximum Gasteiger partial charge on any atom is 0.224 e. The average molecular weight is 505 g/mol. The molecule has 0 aliphatic carbocycles. The summed E-state index contributed by atoms with van der Waals surface area (Å²) < 4.78 is 0. The van der Waals surface area contributed by atoms with Gasteiger partial charge in [0.2, 0.25) is 5.95 Å². The third kappa shape index (κ3) is 5.04. The predicted octanol–water partition coefficient (Wildman–Crippen LogP) is 3.12. The molecule has 0 saturated heterocycles. The monoisotopic (exact) mass is 504 g/mol. The normalized spacial score (nSPS) is 10.8. The average Bonchev–Trinajstić information content (AvgIpc) is 2.89. The Balaban J connectivity index is 0.000000155. The molecule has 0 bridgehead atoms. The van der Waals surface area contributed by atoms with E-state index in [2.05, 4.69) is 39.9 Å². The van der Waals surface area contributed by atoms with Gasteiger partial charge in [-0.2, -0.15) is 9.97 Å². The van der Waals surface area contributed by atoms with Crippen LogP contribution in [0.15, 0.2) is 61.1 Å². The van der Waals surface area contributed by atoms with Crippen molar-refractivity contribution in [2.75, 3.05) is 22.9 Å². The van der Waals surface area contributed by atoms with Crippen LogP contribution < -0.4 is 22.9 Å². The molecule has 0 spiro atoms. The van der Waals surface area contributed by atoms with E-state index in [1.807, 2.05) is 38.1 Å². The largest absolute Gasteiger partial charge is 0.399 e. The standard InChI is InChI=1S/2C13H12N6/c1-7-2-4-8(5-3-7)9-6-16-12-10(17-9)11(14)18-13(15)19-12;1-7-5-16-11-6-17-12(19-13(11)18-7)9-3-2-8(14)4-10(9)15/h2-6H,1H3,(H4,14,15,16,18,19);2-6H,14-15H2,1H3. The first-order chi connectivity index (χ1) is 18.3. The summed E-state index contributed by atoms with van der Waals surface area (Å²) >= 11 is 0. The first-order valence-electron chi connectivity index (χ1n) is 11.5. The van der Waals surface area contributed by atoms with Crippen molar-refractivity contribution >= 4 is 45.5 Å². The van der Waals surface area contributed by atoms with Gasteiger partial charge in [-0.3, -0.25) is 0 Å². The number of benzene rings is 2. The van der Waals surface area contributed by atoms with Gasteiger partial charge in [0, 0.05) is 28.7 Å². The van der Waals surface area contributed by atoms with Gasteiger partial charge in [-0.05, 0) is 32.0 Å². The Bertz CT molecular complexity index is 1780. The molecule has 188 valence electrons. The van der Waals surface area contributed by atoms with Crippen LogP contribution in [0.2, 0.25) is 0 Å². The van der Waals surface area contributed by atoms with Gasteiger partial charge in [0.1, 0.15) is 5.52 Å². The zero-order valence-corrected chi connectivity index (χ0v) is 20.7. The van der Waals surface area contributed by atoms with E-state index in [9.17, 15) is 0 Å². The fourth-order valence-corrected chi connectivity index (χ4v) is 3.62. The summed E-state index contributed by atoms with van der Waals surface area (Å²) in [4.78, 5) is 33.8. The summed E-state index contributed by atoms with van der Waals surface area (Å²) in [5, 5.41) is 0. The molecule has 4 heterocycles. The van der Waals surface area contributed by atoms with Crippen molar-refractivity contribution in [1.82, 2.24) is 39.9 Å². The number of hydrogen-bond acceptors (Lipinski definition) is 12. The second kappa shape index (κ2) is 9.85. The van der Waals surface area contributed by atoms with E-state index in [4.69, 9.17) is 22.9 Å². The molecule has 2 aromatic carbocycles. The van der Waals surface area contributed by atoms with E-state index in [0.29, 0.717) is 39.5 Å². The van der Waals surface area contributed by atoms with E-state index >= 15 is 0 Å². The summed E-state index contributed by atoms with van der Waals surface area (Å²) in [7, 11) is 0. The first kappa shape index (κ1) is 24.2. The van der Waals surface area contributed by atoms with Gasteiger partial charge in [-0.25, -0.2) is 29.9 Å². The minimum Gasteiger partial charge on any atom is -0.399 e. The van der Waals surface area contributed by atoms with Crippen LogP contribution in [0.25, 0.3) is 45.0 Å². The number of nitrogens with zero attached hydrogens (tertiary/aromatic N) is 8. The van der Waals surface area contributed by atoms with Crippen molar-refractivity contribution in [3.63, 3.8) is 0 Å². The Labute approximate surface area is 217 Å². The predicted molar refractivity (Wildman–Crippen MR) is 148 cm³/mol. The molecule has 12 nitrogen and oxygen atoms in total. The Morgan fingerprint density at radius 3 is 2.21 bits per heavy atom. The highest BCUT2D eigenvalue weighted by atomic mass is 15.1. The Hall–Kier alpha value is -5.52. The molecule has 0 aliphatic rings. The molecule has 8 N–H and O–H groups in total. The van der Waals surface area contributed by atoms with Crippen molar-refractivity contribution < 1.29 is 0 Å². The van der Waals surface area contributed by atoms with Crippen LogP contribution in [-0.4, -0.2) is 39.9 Å². The van der Waals surface area contributed by atoms with Crippen LogP contribution in [0.5, 0.6) is 0 Å². The first-order valence-corrected chi connectivity index (χ1v) is 11.5. The molecule has 6 rings (SSSR count). The van der Waals surface area contributed by atoms with E-state index in [1.165, 1.54) is 5.56 Å². The summed E-state index contributed by atoms with van der Waals surface area (Å²) in [6, 6.07) is 13.3. The Morgan fingerprint density at radius 2 is 1.45 bits per heavy atom. The highest BCUT2D eigenvalue weighted by molar-refractivity contribution is 5.83. The SMILES string of the molecule is Cc1ccc(-c2cnc3nc(N)nc(N)c3n2)cc1.Cc1cnc2cnc(-c3ccc(N)cc3N)nc2n1. The summed E-state index contributed by atoms with van der Waals surface area (Å²) in [5.41, 5.74) is 30.6. The summed E-state index contributed by atoms with van der Waals surface area (Å²) in [5.74, 6) is 0.858. The van der Waals surface area contributed by atoms with Gasteiger partial charge in [-0.15, -0.1) is 0 Å². The number of aryl methyl sites for hydroxylation is 2. The molecule has 0 unspecified atom stereocenters. The summed E-state index contributed by atoms with van der Waals surface area (Å²) in [6.45, 7) is 3.90. The Kier molecular flexibility index (Phi) is 6.27. The number of hydrogen-bond donors (Lipinski definition) is 4. The molecule has 0 saturated carbocycles. The van der Waals surface area contributed by atoms with Crippen molar-refractivity contribution in [1.29, 1.82) is 0 Å². The van der Waals surface area contributed by atoms with E-state index in [0.717, 1.165) is 22.5 Å². The molecule has 38 heavy (non-hydrogen) atoms. The molecule has 6 aromatic rings. The summed E-state index contributed by atoms with van der Waals surface area (Å²) in [6.07, 6.45) is 4.97. The van der Waals surface area contributed by atoms with Crippen LogP contribution in [-0.2, 0) is 0 Å². The number of anilines is 4. The van der Waals surface area contributed by atoms with Gasteiger partial charge >= 0.3 is 0 Å². The molecular formula is C26H24N12. The number of fused-ring (bicyclic) bond motifs is 2. The van der Waals surface area contributed by atoms with Crippen molar-refractivity contribution in [2.24, 2.45) is 0 Å². The molecular weight excluding hydrogens is 480 g/mol. The number of nitrogen functional groups attached to an aromatic ring is 4.